The second kappa shape index (κ2) is 6.76. The Morgan fingerprint density at radius 2 is 2.00 bits per heavy atom. The molecule has 1 unspecified atom stereocenters. The normalized spacial score (nSPS) is 11.5. The van der Waals surface area contributed by atoms with E-state index in [1.807, 2.05) is 0 Å². The molecule has 3 N–H and O–H groups in total. The number of nitrogens with one attached hydrogen (secondary N) is 1. The molecular formula is C12H12ClNO6. The molecule has 0 saturated heterocycles. The molecule has 1 amide bonds. The monoisotopic (exact) mass is 301 g/mol. The maximum Gasteiger partial charge on any atom is 0.326 e. The van der Waals surface area contributed by atoms with E-state index in [9.17, 15) is 14.4 Å². The van der Waals surface area contributed by atoms with Gasteiger partial charge in [0.15, 0.2) is 0 Å². The average molecular weight is 302 g/mol. The summed E-state index contributed by atoms with van der Waals surface area (Å²) in [5, 5.41) is 19.9. The molecule has 108 valence electrons. The Bertz CT molecular complexity index is 545. The van der Waals surface area contributed by atoms with E-state index in [2.05, 4.69) is 5.32 Å². The molecule has 0 aliphatic heterocycles. The fraction of sp³-hybridized carbons (Fsp3) is 0.250. The topological polar surface area (TPSA) is 113 Å². The molecule has 0 fully saturated rings. The van der Waals surface area contributed by atoms with Gasteiger partial charge in [-0.15, -0.1) is 0 Å². The molecule has 0 aliphatic rings. The maximum absolute atomic E-state index is 11.9. The molecule has 1 aromatic rings. The molecule has 0 radical (unpaired) electrons. The summed E-state index contributed by atoms with van der Waals surface area (Å²) < 4.78 is 4.96. The standard InChI is InChI=1S/C12H12ClNO6/c1-20-9-4-6(13)2-3-7(9)11(17)14-8(12(18)19)5-10(15)16/h2-4,8H,5H2,1H3,(H,14,17)(H,15,16)(H,18,19). The van der Waals surface area contributed by atoms with Crippen molar-refractivity contribution in [3.8, 4) is 5.75 Å². The Hall–Kier alpha value is -2.28. The molecule has 0 saturated carbocycles. The Morgan fingerprint density at radius 1 is 1.35 bits per heavy atom. The van der Waals surface area contributed by atoms with Gasteiger partial charge in [-0.3, -0.25) is 9.59 Å². The Morgan fingerprint density at radius 3 is 2.50 bits per heavy atom. The first-order valence-electron chi connectivity index (χ1n) is 5.44. The van der Waals surface area contributed by atoms with Gasteiger partial charge < -0.3 is 20.3 Å². The molecule has 0 aliphatic carbocycles. The van der Waals surface area contributed by atoms with Crippen LogP contribution in [-0.2, 0) is 9.59 Å². The predicted octanol–water partition coefficient (Wildman–Crippen LogP) is 1.01. The van der Waals surface area contributed by atoms with Crippen molar-refractivity contribution in [2.45, 2.75) is 12.5 Å². The number of amides is 1. The first-order chi connectivity index (χ1) is 9.35. The molecule has 0 bridgehead atoms. The molecule has 1 atom stereocenters. The summed E-state index contributed by atoms with van der Waals surface area (Å²) in [6.07, 6.45) is -0.725. The summed E-state index contributed by atoms with van der Waals surface area (Å²) in [7, 11) is 1.33. The zero-order chi connectivity index (χ0) is 15.3. The number of aliphatic carboxylic acids is 2. The first kappa shape index (κ1) is 15.8. The number of halogens is 1. The number of methoxy groups -OCH3 is 1. The molecular weight excluding hydrogens is 290 g/mol. The number of benzene rings is 1. The van der Waals surface area contributed by atoms with Gasteiger partial charge >= 0.3 is 11.9 Å². The lowest BCUT2D eigenvalue weighted by atomic mass is 10.1. The number of hydrogen-bond acceptors (Lipinski definition) is 4. The molecule has 7 nitrogen and oxygen atoms in total. The molecule has 1 rings (SSSR count). The quantitative estimate of drug-likeness (QED) is 0.722. The van der Waals surface area contributed by atoms with Gasteiger partial charge in [-0.2, -0.15) is 0 Å². The summed E-state index contributed by atoms with van der Waals surface area (Å²) in [5.74, 6) is -3.36. The smallest absolute Gasteiger partial charge is 0.326 e. The predicted molar refractivity (Wildman–Crippen MR) is 69.1 cm³/mol. The largest absolute Gasteiger partial charge is 0.496 e. The van der Waals surface area contributed by atoms with E-state index in [1.54, 1.807) is 0 Å². The van der Waals surface area contributed by atoms with Crippen LogP contribution in [0.15, 0.2) is 18.2 Å². The minimum atomic E-state index is -1.53. The highest BCUT2D eigenvalue weighted by molar-refractivity contribution is 6.30. The van der Waals surface area contributed by atoms with Gasteiger partial charge in [-0.25, -0.2) is 4.79 Å². The third-order valence-electron chi connectivity index (χ3n) is 2.39. The van der Waals surface area contributed by atoms with Gasteiger partial charge in [-0.05, 0) is 18.2 Å². The van der Waals surface area contributed by atoms with E-state index in [0.29, 0.717) is 5.02 Å². The molecule has 20 heavy (non-hydrogen) atoms. The Balaban J connectivity index is 2.94. The van der Waals surface area contributed by atoms with Crippen LogP contribution in [-0.4, -0.2) is 41.2 Å². The van der Waals surface area contributed by atoms with Gasteiger partial charge in [0.1, 0.15) is 11.8 Å². The van der Waals surface area contributed by atoms with E-state index in [1.165, 1.54) is 25.3 Å². The SMILES string of the molecule is COc1cc(Cl)ccc1C(=O)NC(CC(=O)O)C(=O)O. The van der Waals surface area contributed by atoms with Crippen molar-refractivity contribution in [3.05, 3.63) is 28.8 Å². The van der Waals surface area contributed by atoms with Gasteiger partial charge in [-0.1, -0.05) is 11.6 Å². The van der Waals surface area contributed by atoms with Crippen LogP contribution < -0.4 is 10.1 Å². The fourth-order valence-corrected chi connectivity index (χ4v) is 1.63. The summed E-state index contributed by atoms with van der Waals surface area (Å²) in [4.78, 5) is 33.4. The highest BCUT2D eigenvalue weighted by atomic mass is 35.5. The highest BCUT2D eigenvalue weighted by Gasteiger charge is 2.24. The van der Waals surface area contributed by atoms with Gasteiger partial charge in [0.25, 0.3) is 5.91 Å². The average Bonchev–Trinajstić information content (AvgIpc) is 2.36. The molecule has 8 heteroatoms. The zero-order valence-corrected chi connectivity index (χ0v) is 11.2. The fourth-order valence-electron chi connectivity index (χ4n) is 1.46. The van der Waals surface area contributed by atoms with Crippen molar-refractivity contribution in [1.82, 2.24) is 5.32 Å². The van der Waals surface area contributed by atoms with Crippen molar-refractivity contribution in [3.63, 3.8) is 0 Å². The van der Waals surface area contributed by atoms with Crippen LogP contribution in [0.5, 0.6) is 5.75 Å². The van der Waals surface area contributed by atoms with Crippen molar-refractivity contribution in [2.24, 2.45) is 0 Å². The number of carbonyl (C=O) groups excluding carboxylic acids is 1. The summed E-state index contributed by atoms with van der Waals surface area (Å²) in [5.41, 5.74) is 0.0635. The molecule has 1 aromatic carbocycles. The lowest BCUT2D eigenvalue weighted by Crippen LogP contribution is -2.42. The van der Waals surface area contributed by atoms with E-state index >= 15 is 0 Å². The Labute approximate surface area is 119 Å². The minimum Gasteiger partial charge on any atom is -0.496 e. The zero-order valence-electron chi connectivity index (χ0n) is 10.4. The number of rotatable bonds is 6. The van der Waals surface area contributed by atoms with E-state index < -0.39 is 30.3 Å². The van der Waals surface area contributed by atoms with Crippen molar-refractivity contribution in [2.75, 3.05) is 7.11 Å². The summed E-state index contributed by atoms with van der Waals surface area (Å²) in [6.45, 7) is 0. The van der Waals surface area contributed by atoms with E-state index in [-0.39, 0.29) is 11.3 Å². The second-order valence-corrected chi connectivity index (χ2v) is 4.24. The third-order valence-corrected chi connectivity index (χ3v) is 2.63. The minimum absolute atomic E-state index is 0.0635. The number of ether oxygens (including phenoxy) is 1. The van der Waals surface area contributed by atoms with E-state index in [0.717, 1.165) is 0 Å². The lowest BCUT2D eigenvalue weighted by Gasteiger charge is -2.14. The molecule has 0 aromatic heterocycles. The molecule has 0 spiro atoms. The van der Waals surface area contributed by atoms with Gasteiger partial charge in [0.05, 0.1) is 19.1 Å². The van der Waals surface area contributed by atoms with Crippen LogP contribution >= 0.6 is 11.6 Å². The van der Waals surface area contributed by atoms with Gasteiger partial charge in [0.2, 0.25) is 0 Å². The van der Waals surface area contributed by atoms with Gasteiger partial charge in [0, 0.05) is 5.02 Å². The summed E-state index contributed by atoms with van der Waals surface area (Å²) >= 11 is 5.74. The summed E-state index contributed by atoms with van der Waals surface area (Å²) in [6, 6.07) is 2.66. The van der Waals surface area contributed by atoms with Crippen LogP contribution in [0.2, 0.25) is 5.02 Å². The van der Waals surface area contributed by atoms with Crippen molar-refractivity contribution in [1.29, 1.82) is 0 Å². The van der Waals surface area contributed by atoms with Crippen LogP contribution in [0.3, 0.4) is 0 Å². The second-order valence-electron chi connectivity index (χ2n) is 3.81. The van der Waals surface area contributed by atoms with E-state index in [4.69, 9.17) is 26.6 Å². The van der Waals surface area contributed by atoms with Crippen LogP contribution in [0.1, 0.15) is 16.8 Å². The van der Waals surface area contributed by atoms with Crippen molar-refractivity contribution < 1.29 is 29.3 Å². The number of carbonyl (C=O) groups is 3. The number of hydrogen-bond donors (Lipinski definition) is 3. The number of carboxylic acids is 2. The van der Waals surface area contributed by atoms with Crippen LogP contribution in [0.25, 0.3) is 0 Å². The third kappa shape index (κ3) is 4.13. The molecule has 0 heterocycles. The maximum atomic E-state index is 11.9. The van der Waals surface area contributed by atoms with Crippen LogP contribution in [0, 0.1) is 0 Å². The van der Waals surface area contributed by atoms with Crippen LogP contribution in [0.4, 0.5) is 0 Å². The number of carboxylic acid groups (broad SMARTS) is 2. The lowest BCUT2D eigenvalue weighted by molar-refractivity contribution is -0.145. The van der Waals surface area contributed by atoms with Crippen molar-refractivity contribution >= 4 is 29.4 Å². The highest BCUT2D eigenvalue weighted by Crippen LogP contribution is 2.23. The Kier molecular flexibility index (Phi) is 5.33. The first-order valence-corrected chi connectivity index (χ1v) is 5.82.